The number of allylic oxidation sites excluding steroid dienone is 1. The number of rotatable bonds is 5. The van der Waals surface area contributed by atoms with Crippen LogP contribution in [0.25, 0.3) is 17.0 Å². The zero-order valence-electron chi connectivity index (χ0n) is 19.1. The number of aryl methyl sites for hydroxylation is 2. The van der Waals surface area contributed by atoms with Crippen molar-refractivity contribution in [3.8, 4) is 17.2 Å². The maximum atomic E-state index is 13.2. The number of carbonyl (C=O) groups is 2. The molecule has 2 heterocycles. The van der Waals surface area contributed by atoms with Crippen LogP contribution in [0.2, 0.25) is 0 Å². The zero-order valence-corrected chi connectivity index (χ0v) is 19.1. The van der Waals surface area contributed by atoms with E-state index in [-0.39, 0.29) is 11.5 Å². The lowest BCUT2D eigenvalue weighted by atomic mass is 10.0. The van der Waals surface area contributed by atoms with Gasteiger partial charge in [0.25, 0.3) is 0 Å². The van der Waals surface area contributed by atoms with Crippen molar-refractivity contribution < 1.29 is 23.8 Å². The molecule has 6 nitrogen and oxygen atoms in total. The molecule has 1 aliphatic heterocycles. The van der Waals surface area contributed by atoms with Crippen LogP contribution in [0.4, 0.5) is 0 Å². The van der Waals surface area contributed by atoms with Crippen LogP contribution < -0.4 is 14.2 Å². The summed E-state index contributed by atoms with van der Waals surface area (Å²) in [6.45, 7) is 4.66. The number of fused-ring (bicyclic) bond motifs is 2. The van der Waals surface area contributed by atoms with Crippen molar-refractivity contribution in [2.24, 2.45) is 0 Å². The summed E-state index contributed by atoms with van der Waals surface area (Å²) in [5, 5.41) is 0.968. The Labute approximate surface area is 197 Å². The average molecular weight is 453 g/mol. The number of hydrogen-bond acceptors (Lipinski definition) is 5. The second-order valence-corrected chi connectivity index (χ2v) is 8.06. The van der Waals surface area contributed by atoms with Gasteiger partial charge < -0.3 is 18.8 Å². The molecule has 0 fully saturated rings. The molecule has 0 saturated heterocycles. The van der Waals surface area contributed by atoms with Crippen LogP contribution in [0.15, 0.2) is 72.6 Å². The predicted octanol–water partition coefficient (Wildman–Crippen LogP) is 5.81. The van der Waals surface area contributed by atoms with Crippen molar-refractivity contribution >= 4 is 28.7 Å². The summed E-state index contributed by atoms with van der Waals surface area (Å²) >= 11 is 0. The van der Waals surface area contributed by atoms with E-state index in [4.69, 9.17) is 14.2 Å². The number of carbonyl (C=O) groups excluding carboxylic acids is 2. The summed E-state index contributed by atoms with van der Waals surface area (Å²) in [5.41, 5.74) is 3.51. The van der Waals surface area contributed by atoms with Gasteiger partial charge in [-0.3, -0.25) is 4.79 Å². The van der Waals surface area contributed by atoms with Gasteiger partial charge in [-0.1, -0.05) is 18.2 Å². The molecule has 0 atom stereocenters. The van der Waals surface area contributed by atoms with E-state index in [9.17, 15) is 9.59 Å². The smallest absolute Gasteiger partial charge is 0.343 e. The van der Waals surface area contributed by atoms with Gasteiger partial charge in [-0.2, -0.15) is 0 Å². The number of methoxy groups -OCH3 is 1. The summed E-state index contributed by atoms with van der Waals surface area (Å²) in [6.07, 6.45) is 3.75. The number of ketones is 1. The van der Waals surface area contributed by atoms with Crippen molar-refractivity contribution in [2.75, 3.05) is 7.11 Å². The van der Waals surface area contributed by atoms with Gasteiger partial charge in [-0.05, 0) is 61.9 Å². The Bertz CT molecular complexity index is 1460. The lowest BCUT2D eigenvalue weighted by Gasteiger charge is -2.07. The van der Waals surface area contributed by atoms with Gasteiger partial charge in [0.2, 0.25) is 5.78 Å². The van der Waals surface area contributed by atoms with Gasteiger partial charge in [0, 0.05) is 35.3 Å². The molecule has 0 aliphatic carbocycles. The van der Waals surface area contributed by atoms with Gasteiger partial charge in [-0.25, -0.2) is 4.79 Å². The highest BCUT2D eigenvalue weighted by Gasteiger charge is 2.30. The molecule has 0 amide bonds. The monoisotopic (exact) mass is 453 g/mol. The quantitative estimate of drug-likeness (QED) is 0.217. The van der Waals surface area contributed by atoms with Crippen molar-refractivity contribution in [1.82, 2.24) is 4.57 Å². The fraction of sp³-hybridized carbons (Fsp3) is 0.143. The molecule has 1 aliphatic rings. The van der Waals surface area contributed by atoms with E-state index >= 15 is 0 Å². The Hall–Kier alpha value is -4.32. The number of Topliss-reactive ketones (excluding diaryl/α,β-unsaturated/α-hetero) is 1. The van der Waals surface area contributed by atoms with Crippen LogP contribution >= 0.6 is 0 Å². The first kappa shape index (κ1) is 21.5. The van der Waals surface area contributed by atoms with Crippen LogP contribution in [-0.4, -0.2) is 23.4 Å². The first-order valence-electron chi connectivity index (χ1n) is 11.0. The second-order valence-electron chi connectivity index (χ2n) is 8.06. The highest BCUT2D eigenvalue weighted by Crippen LogP contribution is 2.38. The SMILES string of the molecule is CCn1cc(/C=C2\Oc3cc(OC(=O)c4ccccc4)cc(C)c3C2=O)c2cc(OC)ccc21. The minimum absolute atomic E-state index is 0.200. The first-order chi connectivity index (χ1) is 16.5. The predicted molar refractivity (Wildman–Crippen MR) is 130 cm³/mol. The molecular formula is C28H23NO5. The summed E-state index contributed by atoms with van der Waals surface area (Å²) in [4.78, 5) is 25.6. The third-order valence-corrected chi connectivity index (χ3v) is 5.91. The lowest BCUT2D eigenvalue weighted by Crippen LogP contribution is -2.08. The molecule has 0 saturated carbocycles. The average Bonchev–Trinajstić information content (AvgIpc) is 3.36. The first-order valence-corrected chi connectivity index (χ1v) is 11.0. The molecule has 0 spiro atoms. The molecule has 0 bridgehead atoms. The molecule has 0 unspecified atom stereocenters. The Balaban J connectivity index is 1.49. The highest BCUT2D eigenvalue weighted by molar-refractivity contribution is 6.16. The number of ether oxygens (including phenoxy) is 3. The third kappa shape index (κ3) is 3.73. The van der Waals surface area contributed by atoms with Gasteiger partial charge >= 0.3 is 5.97 Å². The minimum Gasteiger partial charge on any atom is -0.497 e. The lowest BCUT2D eigenvalue weighted by molar-refractivity contribution is 0.0734. The van der Waals surface area contributed by atoms with E-state index in [0.29, 0.717) is 28.2 Å². The van der Waals surface area contributed by atoms with E-state index in [1.807, 2.05) is 30.5 Å². The van der Waals surface area contributed by atoms with Crippen LogP contribution in [0, 0.1) is 6.92 Å². The van der Waals surface area contributed by atoms with Gasteiger partial charge in [0.1, 0.15) is 17.2 Å². The van der Waals surface area contributed by atoms with E-state index in [1.165, 1.54) is 0 Å². The van der Waals surface area contributed by atoms with E-state index in [1.54, 1.807) is 56.5 Å². The minimum atomic E-state index is -0.471. The molecule has 6 heteroatoms. The van der Waals surface area contributed by atoms with Crippen molar-refractivity contribution in [1.29, 1.82) is 0 Å². The Morgan fingerprint density at radius 3 is 2.59 bits per heavy atom. The summed E-state index contributed by atoms with van der Waals surface area (Å²) in [7, 11) is 1.63. The zero-order chi connectivity index (χ0) is 23.8. The maximum Gasteiger partial charge on any atom is 0.343 e. The Kier molecular flexibility index (Phi) is 5.42. The maximum absolute atomic E-state index is 13.2. The Morgan fingerprint density at radius 2 is 1.85 bits per heavy atom. The highest BCUT2D eigenvalue weighted by atomic mass is 16.5. The van der Waals surface area contributed by atoms with Crippen molar-refractivity contribution in [3.05, 3.63) is 94.9 Å². The number of esters is 1. The normalized spacial score (nSPS) is 13.7. The number of aromatic nitrogens is 1. The van der Waals surface area contributed by atoms with Crippen molar-refractivity contribution in [3.63, 3.8) is 0 Å². The molecule has 3 aromatic carbocycles. The fourth-order valence-electron chi connectivity index (χ4n) is 4.23. The molecule has 0 radical (unpaired) electrons. The van der Waals surface area contributed by atoms with Crippen LogP contribution in [0.1, 0.15) is 38.8 Å². The van der Waals surface area contributed by atoms with Gasteiger partial charge in [0.15, 0.2) is 5.76 Å². The number of benzene rings is 3. The number of hydrogen-bond donors (Lipinski definition) is 0. The molecule has 170 valence electrons. The standard InChI is InChI=1S/C28H23NO5/c1-4-29-16-19(22-14-20(32-3)10-11-23(22)29)13-25-27(30)26-17(2)12-21(15-24(26)34-25)33-28(31)18-8-6-5-7-9-18/h5-16H,4H2,1-3H3/b25-13-. The largest absolute Gasteiger partial charge is 0.497 e. The van der Waals surface area contributed by atoms with Crippen LogP contribution in [0.3, 0.4) is 0 Å². The van der Waals surface area contributed by atoms with Gasteiger partial charge in [0.05, 0.1) is 18.2 Å². The summed E-state index contributed by atoms with van der Waals surface area (Å²) in [6, 6.07) is 17.9. The molecule has 5 rings (SSSR count). The second kappa shape index (κ2) is 8.56. The number of nitrogens with zero attached hydrogens (tertiary/aromatic N) is 1. The van der Waals surface area contributed by atoms with Gasteiger partial charge in [-0.15, -0.1) is 0 Å². The van der Waals surface area contributed by atoms with E-state index < -0.39 is 5.97 Å². The fourth-order valence-corrected chi connectivity index (χ4v) is 4.23. The molecule has 34 heavy (non-hydrogen) atoms. The summed E-state index contributed by atoms with van der Waals surface area (Å²) in [5.74, 6) is 0.997. The molecule has 1 aromatic heterocycles. The molecular weight excluding hydrogens is 430 g/mol. The topological polar surface area (TPSA) is 66.8 Å². The molecule has 0 N–H and O–H groups in total. The van der Waals surface area contributed by atoms with Crippen molar-refractivity contribution in [2.45, 2.75) is 20.4 Å². The third-order valence-electron chi connectivity index (χ3n) is 5.91. The Morgan fingerprint density at radius 1 is 1.06 bits per heavy atom. The van der Waals surface area contributed by atoms with Crippen LogP contribution in [-0.2, 0) is 6.54 Å². The van der Waals surface area contributed by atoms with E-state index in [2.05, 4.69) is 11.5 Å². The molecule has 4 aromatic rings. The van der Waals surface area contributed by atoms with E-state index in [0.717, 1.165) is 28.8 Å². The summed E-state index contributed by atoms with van der Waals surface area (Å²) < 4.78 is 19.0. The van der Waals surface area contributed by atoms with Crippen LogP contribution in [0.5, 0.6) is 17.2 Å².